The summed E-state index contributed by atoms with van der Waals surface area (Å²) in [5.74, 6) is 4.56. The number of halogens is 2. The summed E-state index contributed by atoms with van der Waals surface area (Å²) >= 11 is 0.312. The molecule has 1 radical (unpaired) electrons. The van der Waals surface area contributed by atoms with Gasteiger partial charge in [-0.1, -0.05) is 24.6 Å². The predicted molar refractivity (Wildman–Crippen MR) is 102 cm³/mol. The van der Waals surface area contributed by atoms with Crippen LogP contribution in [-0.4, -0.2) is 15.4 Å². The fraction of sp³-hybridized carbons (Fsp3) is 0.222. The summed E-state index contributed by atoms with van der Waals surface area (Å²) in [6, 6.07) is 10.4. The van der Waals surface area contributed by atoms with E-state index < -0.39 is 0 Å². The Morgan fingerprint density at radius 3 is 1.95 bits per heavy atom. The van der Waals surface area contributed by atoms with Crippen molar-refractivity contribution < 1.29 is 26.2 Å². The molecule has 0 amide bonds. The van der Waals surface area contributed by atoms with Crippen LogP contribution in [0, 0.1) is 12.2 Å². The van der Waals surface area contributed by atoms with Gasteiger partial charge in [0, 0.05) is 0 Å². The van der Waals surface area contributed by atoms with Crippen molar-refractivity contribution in [3.8, 4) is 0 Å². The minimum atomic E-state index is 0. The summed E-state index contributed by atoms with van der Waals surface area (Å²) in [5, 5.41) is 0. The summed E-state index contributed by atoms with van der Waals surface area (Å²) in [4.78, 5) is 0. The molecule has 1 aromatic carbocycles. The Labute approximate surface area is 173 Å². The average Bonchev–Trinajstić information content (AvgIpc) is 3.17. The smallest absolute Gasteiger partial charge is 2.00 e. The van der Waals surface area contributed by atoms with E-state index in [0.29, 0.717) is 15.4 Å². The molecule has 2 aliphatic rings. The van der Waals surface area contributed by atoms with Gasteiger partial charge in [-0.2, -0.15) is 23.8 Å². The monoisotopic (exact) mass is 473 g/mol. The third kappa shape index (κ3) is 12.7. The number of hydrogen-bond donors (Lipinski definition) is 0. The van der Waals surface area contributed by atoms with Crippen LogP contribution in [0.5, 0.6) is 0 Å². The molecule has 3 rings (SSSR count). The zero-order valence-corrected chi connectivity index (χ0v) is 19.6. The second-order valence-corrected chi connectivity index (χ2v) is 6.57. The van der Waals surface area contributed by atoms with Crippen molar-refractivity contribution in [3.63, 3.8) is 0 Å². The first kappa shape index (κ1) is 27.1. The molecule has 0 spiro atoms. The van der Waals surface area contributed by atoms with E-state index >= 15 is 0 Å². The molecule has 4 heteroatoms. The molecule has 0 nitrogen and oxygen atoms in total. The maximum absolute atomic E-state index is 3.28. The maximum atomic E-state index is 3.28. The molecule has 0 bridgehead atoms. The van der Waals surface area contributed by atoms with Gasteiger partial charge < -0.3 is 0 Å². The molecular weight excluding hydrogens is 451 g/mol. The van der Waals surface area contributed by atoms with Crippen LogP contribution < -0.4 is 0 Å². The maximum Gasteiger partial charge on any atom is 2.00 e. The van der Waals surface area contributed by atoms with Crippen LogP contribution in [0.4, 0.5) is 0 Å². The first-order valence-corrected chi connectivity index (χ1v) is 11.5. The molecule has 117 valence electrons. The first-order chi connectivity index (χ1) is 9.38. The van der Waals surface area contributed by atoms with Crippen molar-refractivity contribution in [2.75, 3.05) is 0 Å². The molecule has 0 aliphatic heterocycles. The number of hydrogen-bond acceptors (Lipinski definition) is 0. The van der Waals surface area contributed by atoms with Gasteiger partial charge in [0.1, 0.15) is 0 Å². The second-order valence-electron chi connectivity index (χ2n) is 4.14. The van der Waals surface area contributed by atoms with Gasteiger partial charge in [-0.05, 0) is 0 Å². The Morgan fingerprint density at radius 1 is 0.955 bits per heavy atom. The van der Waals surface area contributed by atoms with Gasteiger partial charge in [0.2, 0.25) is 0 Å². The number of rotatable bonds is 1. The third-order valence-corrected chi connectivity index (χ3v) is 2.37. The molecule has 22 heavy (non-hydrogen) atoms. The quantitative estimate of drug-likeness (QED) is 0.373. The van der Waals surface area contributed by atoms with Crippen LogP contribution in [0.3, 0.4) is 0 Å². The standard InChI is InChI=1S/C11H9.C5H5.C2H7Ge.2ClH.Zr/c1-2-6-10(7-3-1)11-8-4-5-9-11;1-2-4-5-3-1;1-3-2;;;/h1-4,6-8H,5H2;1-3H,4H2;3H,1-2H3;2*1H;/q2*-1;;;;+2. The van der Waals surface area contributed by atoms with Gasteiger partial charge >= 0.3 is 53.1 Å². The Hall–Kier alpha value is 0.186. The van der Waals surface area contributed by atoms with Crippen molar-refractivity contribution >= 4 is 45.8 Å². The Kier molecular flexibility index (Phi) is 23.7. The van der Waals surface area contributed by atoms with E-state index in [1.54, 1.807) is 0 Å². The Morgan fingerprint density at radius 2 is 1.59 bits per heavy atom. The molecule has 0 saturated carbocycles. The fourth-order valence-electron chi connectivity index (χ4n) is 1.56. The average molecular weight is 474 g/mol. The van der Waals surface area contributed by atoms with Crippen molar-refractivity contribution in [3.05, 3.63) is 78.4 Å². The van der Waals surface area contributed by atoms with E-state index in [2.05, 4.69) is 66.2 Å². The van der Waals surface area contributed by atoms with E-state index in [9.17, 15) is 0 Å². The van der Waals surface area contributed by atoms with Gasteiger partial charge in [0.25, 0.3) is 0 Å². The molecule has 0 heterocycles. The third-order valence-electron chi connectivity index (χ3n) is 2.37. The van der Waals surface area contributed by atoms with Crippen molar-refractivity contribution in [2.24, 2.45) is 0 Å². The minimum absolute atomic E-state index is 0. The zero-order valence-electron chi connectivity index (χ0n) is 13.1. The molecule has 0 saturated heterocycles. The predicted octanol–water partition coefficient (Wildman–Crippen LogP) is 5.50. The molecule has 0 atom stereocenters. The molecule has 0 aromatic heterocycles. The van der Waals surface area contributed by atoms with Crippen LogP contribution in [0.2, 0.25) is 11.5 Å². The van der Waals surface area contributed by atoms with Gasteiger partial charge in [0.05, 0.1) is 0 Å². The first-order valence-electron chi connectivity index (χ1n) is 6.67. The van der Waals surface area contributed by atoms with Crippen molar-refractivity contribution in [2.45, 2.75) is 24.4 Å². The van der Waals surface area contributed by atoms with E-state index in [-0.39, 0.29) is 51.0 Å². The van der Waals surface area contributed by atoms with Gasteiger partial charge in [-0.15, -0.1) is 55.0 Å². The summed E-state index contributed by atoms with van der Waals surface area (Å²) in [5.41, 5.74) is 2.49. The van der Waals surface area contributed by atoms with Gasteiger partial charge in [-0.3, -0.25) is 6.08 Å². The normalized spacial score (nSPS) is 12.4. The van der Waals surface area contributed by atoms with E-state index in [1.165, 1.54) is 11.1 Å². The summed E-state index contributed by atoms with van der Waals surface area (Å²) in [6.07, 6.45) is 18.5. The minimum Gasteiger partial charge on any atom is 2.00 e. The Bertz CT molecular complexity index is 455. The van der Waals surface area contributed by atoms with Crippen molar-refractivity contribution in [1.82, 2.24) is 0 Å². The number of benzene rings is 1. The summed E-state index contributed by atoms with van der Waals surface area (Å²) in [6.45, 7) is 0. The van der Waals surface area contributed by atoms with Crippen LogP contribution in [0.15, 0.2) is 60.7 Å². The molecule has 0 fully saturated rings. The molecular formula is C18H23Cl2GeZr. The van der Waals surface area contributed by atoms with Crippen LogP contribution in [0.1, 0.15) is 18.4 Å². The van der Waals surface area contributed by atoms with E-state index in [4.69, 9.17) is 0 Å². The topological polar surface area (TPSA) is 0 Å². The largest absolute Gasteiger partial charge is 2.00 e. The van der Waals surface area contributed by atoms with Crippen molar-refractivity contribution in [1.29, 1.82) is 0 Å². The SMILES string of the molecule is Cl.Cl.[C-]1=C(c2ccccc2)C=CC1.[C-]1=CC=CC1.[CH3][GeH][CH3].[Zr+2]. The van der Waals surface area contributed by atoms with Crippen LogP contribution in [0.25, 0.3) is 5.57 Å². The number of allylic oxidation sites excluding steroid dienone is 8. The second kappa shape index (κ2) is 19.2. The summed E-state index contributed by atoms with van der Waals surface area (Å²) in [7, 11) is 0. The zero-order chi connectivity index (χ0) is 13.8. The fourth-order valence-corrected chi connectivity index (χ4v) is 1.56. The van der Waals surface area contributed by atoms with Crippen LogP contribution >= 0.6 is 24.8 Å². The van der Waals surface area contributed by atoms with E-state index in [1.807, 2.05) is 18.2 Å². The summed E-state index contributed by atoms with van der Waals surface area (Å²) < 4.78 is 0. The Balaban J connectivity index is -0.000000283. The molecule has 0 N–H and O–H groups in total. The van der Waals surface area contributed by atoms with Crippen LogP contribution in [-0.2, 0) is 26.2 Å². The molecule has 0 unspecified atom stereocenters. The van der Waals surface area contributed by atoms with Gasteiger partial charge in [-0.25, -0.2) is 12.2 Å². The molecule has 2 aliphatic carbocycles. The van der Waals surface area contributed by atoms with E-state index in [0.717, 1.165) is 12.8 Å². The van der Waals surface area contributed by atoms with Gasteiger partial charge in [0.15, 0.2) is 0 Å². The molecule has 1 aromatic rings.